The van der Waals surface area contributed by atoms with Crippen molar-refractivity contribution >= 4 is 5.97 Å². The van der Waals surface area contributed by atoms with E-state index in [0.717, 1.165) is 0 Å². The molecule has 1 rings (SSSR count). The van der Waals surface area contributed by atoms with Gasteiger partial charge < -0.3 is 4.74 Å². The van der Waals surface area contributed by atoms with Crippen molar-refractivity contribution in [2.75, 3.05) is 0 Å². The van der Waals surface area contributed by atoms with Crippen LogP contribution in [0.1, 0.15) is 40.0 Å². The third kappa shape index (κ3) is 4.07. The Labute approximate surface area is 84.7 Å². The fourth-order valence-electron chi connectivity index (χ4n) is 1.23. The van der Waals surface area contributed by atoms with Gasteiger partial charge in [-0.05, 0) is 33.1 Å². The van der Waals surface area contributed by atoms with Crippen molar-refractivity contribution in [1.82, 2.24) is 0 Å². The number of hydrogen-bond donors (Lipinski definition) is 1. The van der Waals surface area contributed by atoms with Crippen LogP contribution < -0.4 is 5.90 Å². The van der Waals surface area contributed by atoms with Crippen LogP contribution in [0.3, 0.4) is 0 Å². The molecule has 0 aromatic heterocycles. The molecule has 0 aliphatic heterocycles. The Hall–Kier alpha value is -0.610. The van der Waals surface area contributed by atoms with Crippen LogP contribution in [0.2, 0.25) is 0 Å². The van der Waals surface area contributed by atoms with Crippen molar-refractivity contribution in [3.63, 3.8) is 0 Å². The first-order valence-electron chi connectivity index (χ1n) is 5.01. The second-order valence-electron chi connectivity index (χ2n) is 4.84. The molecule has 0 spiro atoms. The summed E-state index contributed by atoms with van der Waals surface area (Å²) < 4.78 is 5.18. The zero-order chi connectivity index (χ0) is 10.8. The van der Waals surface area contributed by atoms with Crippen LogP contribution in [-0.4, -0.2) is 17.7 Å². The van der Waals surface area contributed by atoms with Crippen molar-refractivity contribution in [1.29, 1.82) is 0 Å². The Morgan fingerprint density at radius 3 is 2.43 bits per heavy atom. The zero-order valence-corrected chi connectivity index (χ0v) is 9.08. The van der Waals surface area contributed by atoms with Crippen molar-refractivity contribution in [2.45, 2.75) is 51.7 Å². The normalized spacial score (nSPS) is 19.1. The molecule has 1 aliphatic carbocycles. The van der Waals surface area contributed by atoms with Crippen LogP contribution in [0.5, 0.6) is 0 Å². The highest BCUT2D eigenvalue weighted by Crippen LogP contribution is 2.34. The van der Waals surface area contributed by atoms with Gasteiger partial charge in [-0.1, -0.05) is 12.8 Å². The van der Waals surface area contributed by atoms with E-state index in [9.17, 15) is 4.79 Å². The molecule has 14 heavy (non-hydrogen) atoms. The maximum Gasteiger partial charge on any atom is 0.337 e. The standard InChI is InChI=1S/C10H19NO3/c1-10(2,3)13-9(12)8(14-11)6-7-4-5-7/h7-8H,4-6,11H2,1-3H3/t8-/m1/s1. The molecule has 0 saturated heterocycles. The Bertz CT molecular complexity index is 206. The van der Waals surface area contributed by atoms with Gasteiger partial charge in [0.25, 0.3) is 0 Å². The van der Waals surface area contributed by atoms with Gasteiger partial charge in [0.05, 0.1) is 0 Å². The largest absolute Gasteiger partial charge is 0.458 e. The molecule has 0 heterocycles. The Morgan fingerprint density at radius 1 is 1.50 bits per heavy atom. The third-order valence-corrected chi connectivity index (χ3v) is 2.08. The van der Waals surface area contributed by atoms with Crippen molar-refractivity contribution < 1.29 is 14.4 Å². The average Bonchev–Trinajstić information content (AvgIpc) is 2.79. The van der Waals surface area contributed by atoms with E-state index in [1.54, 1.807) is 0 Å². The maximum absolute atomic E-state index is 11.5. The summed E-state index contributed by atoms with van der Waals surface area (Å²) >= 11 is 0. The number of carbonyl (C=O) groups is 1. The van der Waals surface area contributed by atoms with E-state index in [4.69, 9.17) is 10.6 Å². The summed E-state index contributed by atoms with van der Waals surface area (Å²) in [5.41, 5.74) is -0.475. The van der Waals surface area contributed by atoms with Crippen LogP contribution in [0.25, 0.3) is 0 Å². The number of hydrogen-bond acceptors (Lipinski definition) is 4. The Morgan fingerprint density at radius 2 is 2.07 bits per heavy atom. The lowest BCUT2D eigenvalue weighted by atomic mass is 10.1. The molecule has 0 unspecified atom stereocenters. The van der Waals surface area contributed by atoms with E-state index in [-0.39, 0.29) is 5.97 Å². The highest BCUT2D eigenvalue weighted by atomic mass is 16.7. The molecule has 0 radical (unpaired) electrons. The monoisotopic (exact) mass is 201 g/mol. The lowest BCUT2D eigenvalue weighted by Crippen LogP contribution is -2.35. The maximum atomic E-state index is 11.5. The first-order valence-corrected chi connectivity index (χ1v) is 5.01. The number of carbonyl (C=O) groups excluding carboxylic acids is 1. The van der Waals surface area contributed by atoms with E-state index >= 15 is 0 Å². The van der Waals surface area contributed by atoms with Crippen molar-refractivity contribution in [3.05, 3.63) is 0 Å². The molecule has 1 aliphatic rings. The SMILES string of the molecule is CC(C)(C)OC(=O)[C@@H](CC1CC1)ON. The third-order valence-electron chi connectivity index (χ3n) is 2.08. The van der Waals surface area contributed by atoms with Crippen LogP contribution in [0.4, 0.5) is 0 Å². The van der Waals surface area contributed by atoms with Gasteiger partial charge in [0.15, 0.2) is 6.10 Å². The van der Waals surface area contributed by atoms with Crippen molar-refractivity contribution in [3.8, 4) is 0 Å². The zero-order valence-electron chi connectivity index (χ0n) is 9.08. The molecule has 0 amide bonds. The molecule has 0 aromatic carbocycles. The van der Waals surface area contributed by atoms with Gasteiger partial charge in [0.1, 0.15) is 5.60 Å². The summed E-state index contributed by atoms with van der Waals surface area (Å²) in [6, 6.07) is 0. The van der Waals surface area contributed by atoms with E-state index in [0.29, 0.717) is 12.3 Å². The average molecular weight is 201 g/mol. The first-order chi connectivity index (χ1) is 6.42. The summed E-state index contributed by atoms with van der Waals surface area (Å²) in [7, 11) is 0. The minimum absolute atomic E-state index is 0.355. The molecule has 2 N–H and O–H groups in total. The molecule has 4 nitrogen and oxygen atoms in total. The predicted octanol–water partition coefficient (Wildman–Crippen LogP) is 1.39. The number of nitrogens with two attached hydrogens (primary N) is 1. The second-order valence-corrected chi connectivity index (χ2v) is 4.84. The fraction of sp³-hybridized carbons (Fsp3) is 0.900. The van der Waals surface area contributed by atoms with E-state index in [1.807, 2.05) is 20.8 Å². The lowest BCUT2D eigenvalue weighted by Gasteiger charge is -2.22. The van der Waals surface area contributed by atoms with Gasteiger partial charge in [0.2, 0.25) is 0 Å². The molecule has 1 saturated carbocycles. The van der Waals surface area contributed by atoms with Crippen LogP contribution in [0.15, 0.2) is 0 Å². The summed E-state index contributed by atoms with van der Waals surface area (Å²) in [6.07, 6.45) is 2.43. The Kier molecular flexibility index (Phi) is 3.50. The summed E-state index contributed by atoms with van der Waals surface area (Å²) in [5.74, 6) is 5.31. The molecule has 1 fully saturated rings. The molecule has 4 heteroatoms. The Balaban J connectivity index is 2.38. The molecule has 82 valence electrons. The second kappa shape index (κ2) is 4.28. The minimum atomic E-state index is -0.596. The number of esters is 1. The van der Waals surface area contributed by atoms with E-state index in [1.165, 1.54) is 12.8 Å². The first kappa shape index (κ1) is 11.5. The number of ether oxygens (including phenoxy) is 1. The van der Waals surface area contributed by atoms with Gasteiger partial charge in [-0.25, -0.2) is 10.7 Å². The van der Waals surface area contributed by atoms with Crippen LogP contribution in [-0.2, 0) is 14.4 Å². The predicted molar refractivity (Wildman–Crippen MR) is 52.2 cm³/mol. The molecular formula is C10H19NO3. The quantitative estimate of drug-likeness (QED) is 0.551. The van der Waals surface area contributed by atoms with Gasteiger partial charge in [-0.15, -0.1) is 0 Å². The summed E-state index contributed by atoms with van der Waals surface area (Å²) in [5, 5.41) is 0. The molecule has 0 aromatic rings. The minimum Gasteiger partial charge on any atom is -0.458 e. The van der Waals surface area contributed by atoms with Crippen molar-refractivity contribution in [2.24, 2.45) is 11.8 Å². The highest BCUT2D eigenvalue weighted by molar-refractivity contribution is 5.75. The van der Waals surface area contributed by atoms with Gasteiger partial charge in [0, 0.05) is 0 Å². The summed E-state index contributed by atoms with van der Waals surface area (Å²) in [6.45, 7) is 5.49. The molecule has 0 bridgehead atoms. The van der Waals surface area contributed by atoms with E-state index in [2.05, 4.69) is 4.84 Å². The molecule has 1 atom stereocenters. The topological polar surface area (TPSA) is 61.5 Å². The van der Waals surface area contributed by atoms with Gasteiger partial charge in [-0.3, -0.25) is 4.84 Å². The summed E-state index contributed by atoms with van der Waals surface area (Å²) in [4.78, 5) is 16.2. The van der Waals surface area contributed by atoms with E-state index < -0.39 is 11.7 Å². The molecular weight excluding hydrogens is 182 g/mol. The van der Waals surface area contributed by atoms with Crippen LogP contribution >= 0.6 is 0 Å². The van der Waals surface area contributed by atoms with Crippen LogP contribution in [0, 0.1) is 5.92 Å². The van der Waals surface area contributed by atoms with Gasteiger partial charge in [-0.2, -0.15) is 0 Å². The smallest absolute Gasteiger partial charge is 0.337 e. The highest BCUT2D eigenvalue weighted by Gasteiger charge is 2.32. The lowest BCUT2D eigenvalue weighted by molar-refractivity contribution is -0.169. The number of rotatable bonds is 4. The van der Waals surface area contributed by atoms with Gasteiger partial charge >= 0.3 is 5.97 Å². The fourth-order valence-corrected chi connectivity index (χ4v) is 1.23.